The van der Waals surface area contributed by atoms with E-state index in [1.54, 1.807) is 0 Å². The van der Waals surface area contributed by atoms with Gasteiger partial charge in [0.25, 0.3) is 0 Å². The number of esters is 1. The average molecular weight is 1140 g/mol. The molecule has 2 unspecified atom stereocenters. The minimum absolute atomic E-state index is 0.0146. The van der Waals surface area contributed by atoms with Crippen LogP contribution in [0.2, 0.25) is 0 Å². The molecule has 0 aromatic rings. The number of allylic oxidation sites excluding steroid dienone is 2. The molecule has 0 aliphatic carbocycles. The van der Waals surface area contributed by atoms with E-state index in [0.717, 1.165) is 44.9 Å². The first-order chi connectivity index (χ1) is 40.0. The molecule has 6 nitrogen and oxygen atoms in total. The van der Waals surface area contributed by atoms with Crippen LogP contribution in [-0.2, 0) is 14.3 Å². The van der Waals surface area contributed by atoms with E-state index >= 15 is 0 Å². The van der Waals surface area contributed by atoms with E-state index in [-0.39, 0.29) is 18.5 Å². The van der Waals surface area contributed by atoms with Gasteiger partial charge < -0.3 is 20.3 Å². The summed E-state index contributed by atoms with van der Waals surface area (Å²) in [5, 5.41) is 23.3. The predicted molar refractivity (Wildman–Crippen MR) is 357 cm³/mol. The number of rotatable bonds is 71. The maximum atomic E-state index is 12.5. The molecule has 0 saturated heterocycles. The minimum atomic E-state index is -0.658. The van der Waals surface area contributed by atoms with Crippen LogP contribution in [-0.4, -0.2) is 47.4 Å². The van der Waals surface area contributed by atoms with Crippen molar-refractivity contribution >= 4 is 11.9 Å². The number of carbonyl (C=O) groups excluding carboxylic acids is 2. The lowest BCUT2D eigenvalue weighted by Gasteiger charge is -2.22. The second-order valence-corrected chi connectivity index (χ2v) is 26.0. The standard InChI is InChI=1S/C75H147NO5/c1-3-5-7-9-11-13-15-44-47-51-55-59-63-67-73(78)72(71-77)76-74(79)68-64-60-56-52-48-45-42-40-38-36-34-32-30-28-26-24-22-20-18-17-19-21-23-25-27-29-31-33-35-37-39-41-43-46-50-54-58-62-66-70-81-75(80)69-65-61-57-53-49-16-14-12-10-8-6-4-2/h12,14,72-73,77-78H,3-11,13,15-71H2,1-2H3,(H,76,79)/b14-12-. The third-order valence-electron chi connectivity index (χ3n) is 17.8. The lowest BCUT2D eigenvalue weighted by molar-refractivity contribution is -0.143. The summed E-state index contributed by atoms with van der Waals surface area (Å²) in [5.41, 5.74) is 0. The maximum Gasteiger partial charge on any atom is 0.305 e. The van der Waals surface area contributed by atoms with Crippen LogP contribution in [0.5, 0.6) is 0 Å². The van der Waals surface area contributed by atoms with E-state index in [1.165, 1.54) is 353 Å². The van der Waals surface area contributed by atoms with Crippen molar-refractivity contribution in [3.8, 4) is 0 Å². The summed E-state index contributed by atoms with van der Waals surface area (Å²) in [7, 11) is 0. The Morgan fingerprint density at radius 1 is 0.333 bits per heavy atom. The first-order valence-electron chi connectivity index (χ1n) is 37.4. The zero-order valence-electron chi connectivity index (χ0n) is 55.3. The Morgan fingerprint density at radius 3 is 0.901 bits per heavy atom. The van der Waals surface area contributed by atoms with Crippen molar-refractivity contribution < 1.29 is 24.5 Å². The average Bonchev–Trinajstić information content (AvgIpc) is 3.47. The number of ether oxygens (including phenoxy) is 1. The zero-order valence-corrected chi connectivity index (χ0v) is 55.3. The van der Waals surface area contributed by atoms with Crippen LogP contribution in [0.1, 0.15) is 431 Å². The summed E-state index contributed by atoms with van der Waals surface area (Å²) in [6.45, 7) is 4.96. The van der Waals surface area contributed by atoms with Crippen molar-refractivity contribution in [3.05, 3.63) is 12.2 Å². The number of carbonyl (C=O) groups is 2. The fraction of sp³-hybridized carbons (Fsp3) is 0.947. The quantitative estimate of drug-likeness (QED) is 0.0320. The number of aliphatic hydroxyl groups excluding tert-OH is 2. The molecule has 0 heterocycles. The fourth-order valence-corrected chi connectivity index (χ4v) is 12.1. The number of nitrogens with one attached hydrogen (secondary N) is 1. The maximum absolute atomic E-state index is 12.5. The third kappa shape index (κ3) is 67.6. The first-order valence-corrected chi connectivity index (χ1v) is 37.4. The van der Waals surface area contributed by atoms with E-state index in [4.69, 9.17) is 4.74 Å². The molecule has 0 rings (SSSR count). The van der Waals surface area contributed by atoms with Crippen molar-refractivity contribution in [2.75, 3.05) is 13.2 Å². The van der Waals surface area contributed by atoms with Gasteiger partial charge in [0.15, 0.2) is 0 Å². The molecule has 0 spiro atoms. The molecule has 0 bridgehead atoms. The zero-order chi connectivity index (χ0) is 58.5. The van der Waals surface area contributed by atoms with Crippen LogP contribution in [0.25, 0.3) is 0 Å². The molecule has 6 heteroatoms. The molecule has 0 aliphatic rings. The highest BCUT2D eigenvalue weighted by Gasteiger charge is 2.20. The molecule has 0 fully saturated rings. The molecule has 3 N–H and O–H groups in total. The topological polar surface area (TPSA) is 95.9 Å². The Morgan fingerprint density at radius 2 is 0.580 bits per heavy atom. The van der Waals surface area contributed by atoms with Crippen molar-refractivity contribution in [1.82, 2.24) is 5.32 Å². The summed E-state index contributed by atoms with van der Waals surface area (Å²) in [4.78, 5) is 24.5. The van der Waals surface area contributed by atoms with E-state index in [1.807, 2.05) is 0 Å². The van der Waals surface area contributed by atoms with Crippen LogP contribution in [0, 0.1) is 0 Å². The van der Waals surface area contributed by atoms with Crippen molar-refractivity contribution in [2.24, 2.45) is 0 Å². The molecular formula is C75H147NO5. The van der Waals surface area contributed by atoms with Gasteiger partial charge in [-0.25, -0.2) is 0 Å². The normalized spacial score (nSPS) is 12.5. The molecule has 1 amide bonds. The van der Waals surface area contributed by atoms with Gasteiger partial charge in [-0.05, 0) is 51.4 Å². The predicted octanol–water partition coefficient (Wildman–Crippen LogP) is 24.3. The molecule has 2 atom stereocenters. The Bertz CT molecular complexity index is 1220. The van der Waals surface area contributed by atoms with E-state index in [9.17, 15) is 19.8 Å². The Hall–Kier alpha value is -1.40. The van der Waals surface area contributed by atoms with E-state index in [2.05, 4.69) is 31.3 Å². The summed E-state index contributed by atoms with van der Waals surface area (Å²) in [6, 6.07) is -0.535. The third-order valence-corrected chi connectivity index (χ3v) is 17.8. The minimum Gasteiger partial charge on any atom is -0.466 e. The number of hydrogen-bond donors (Lipinski definition) is 3. The summed E-state index contributed by atoms with van der Waals surface area (Å²) >= 11 is 0. The molecule has 482 valence electrons. The molecule has 0 aromatic carbocycles. The largest absolute Gasteiger partial charge is 0.466 e. The van der Waals surface area contributed by atoms with Gasteiger partial charge in [-0.2, -0.15) is 0 Å². The Labute approximate surface area is 508 Å². The van der Waals surface area contributed by atoms with Gasteiger partial charge >= 0.3 is 5.97 Å². The fourth-order valence-electron chi connectivity index (χ4n) is 12.1. The Kier molecular flexibility index (Phi) is 69.9. The monoisotopic (exact) mass is 1140 g/mol. The van der Waals surface area contributed by atoms with Crippen LogP contribution in [0.3, 0.4) is 0 Å². The Balaban J connectivity index is 3.27. The molecule has 0 saturated carbocycles. The van der Waals surface area contributed by atoms with Gasteiger partial charge in [0.2, 0.25) is 5.91 Å². The molecular weight excluding hydrogens is 995 g/mol. The van der Waals surface area contributed by atoms with Gasteiger partial charge in [0, 0.05) is 12.8 Å². The molecule has 0 aliphatic heterocycles. The van der Waals surface area contributed by atoms with Crippen LogP contribution in [0.15, 0.2) is 12.2 Å². The van der Waals surface area contributed by atoms with Gasteiger partial charge in [-0.3, -0.25) is 9.59 Å². The van der Waals surface area contributed by atoms with E-state index < -0.39 is 12.1 Å². The highest BCUT2D eigenvalue weighted by molar-refractivity contribution is 5.76. The van der Waals surface area contributed by atoms with Gasteiger partial charge in [-0.15, -0.1) is 0 Å². The number of hydrogen-bond acceptors (Lipinski definition) is 5. The van der Waals surface area contributed by atoms with Gasteiger partial charge in [-0.1, -0.05) is 379 Å². The van der Waals surface area contributed by atoms with Crippen molar-refractivity contribution in [1.29, 1.82) is 0 Å². The second kappa shape index (κ2) is 71.1. The SMILES string of the molecule is CCCCC/C=C\CCCCCCCC(=O)OCCCCCCCCCCCCCCCCCCCCCCCCCCCCCCCCCCCCCCCCCC(=O)NC(CO)C(O)CCCCCCCCCCCCCCC. The first kappa shape index (κ1) is 79.6. The molecule has 0 radical (unpaired) electrons. The van der Waals surface area contributed by atoms with Crippen LogP contribution in [0.4, 0.5) is 0 Å². The number of amides is 1. The smallest absolute Gasteiger partial charge is 0.305 e. The summed E-state index contributed by atoms with van der Waals surface area (Å²) in [6.07, 6.45) is 88.8. The van der Waals surface area contributed by atoms with Crippen molar-refractivity contribution in [2.45, 2.75) is 443 Å². The van der Waals surface area contributed by atoms with E-state index in [0.29, 0.717) is 25.9 Å². The highest BCUT2D eigenvalue weighted by Crippen LogP contribution is 2.20. The summed E-state index contributed by atoms with van der Waals surface area (Å²) < 4.78 is 5.48. The summed E-state index contributed by atoms with van der Waals surface area (Å²) in [5.74, 6) is -0.0115. The van der Waals surface area contributed by atoms with Gasteiger partial charge in [0.1, 0.15) is 0 Å². The van der Waals surface area contributed by atoms with Gasteiger partial charge in [0.05, 0.1) is 25.4 Å². The molecule has 0 aromatic heterocycles. The lowest BCUT2D eigenvalue weighted by atomic mass is 10.0. The number of unbranched alkanes of at least 4 members (excludes halogenated alkanes) is 58. The van der Waals surface area contributed by atoms with Crippen molar-refractivity contribution in [3.63, 3.8) is 0 Å². The van der Waals surface area contributed by atoms with Crippen LogP contribution < -0.4 is 5.32 Å². The second-order valence-electron chi connectivity index (χ2n) is 26.0. The molecule has 81 heavy (non-hydrogen) atoms. The highest BCUT2D eigenvalue weighted by atomic mass is 16.5. The lowest BCUT2D eigenvalue weighted by Crippen LogP contribution is -2.45. The van der Waals surface area contributed by atoms with Crippen LogP contribution >= 0.6 is 0 Å². The number of aliphatic hydroxyl groups is 2.